The van der Waals surface area contributed by atoms with Crippen molar-refractivity contribution in [2.45, 2.75) is 26.7 Å². The minimum atomic E-state index is 0.427. The molecule has 0 unspecified atom stereocenters. The second-order valence-corrected chi connectivity index (χ2v) is 4.19. The second kappa shape index (κ2) is 6.43. The zero-order chi connectivity index (χ0) is 12.0. The average molecular weight is 237 g/mol. The van der Waals surface area contributed by atoms with Crippen molar-refractivity contribution < 1.29 is 0 Å². The third-order valence-corrected chi connectivity index (χ3v) is 2.58. The third-order valence-electron chi connectivity index (χ3n) is 2.34. The highest BCUT2D eigenvalue weighted by Crippen LogP contribution is 2.13. The Labute approximate surface area is 103 Å². The highest BCUT2D eigenvalue weighted by molar-refractivity contribution is 7.80. The van der Waals surface area contributed by atoms with Crippen LogP contribution in [0.15, 0.2) is 18.3 Å². The number of anilines is 1. The summed E-state index contributed by atoms with van der Waals surface area (Å²) in [7, 11) is 0. The van der Waals surface area contributed by atoms with E-state index in [1.54, 1.807) is 6.20 Å². The van der Waals surface area contributed by atoms with Crippen LogP contribution in [0, 0.1) is 0 Å². The van der Waals surface area contributed by atoms with Gasteiger partial charge in [-0.15, -0.1) is 0 Å². The standard InChI is InChI=1S/C12H19N3S/c1-3-7-15(8-4-2)11-9-10(12(13)16)5-6-14-11/h5-6,9H,3-4,7-8H2,1-2H3,(H2,13,16). The van der Waals surface area contributed by atoms with Crippen LogP contribution in [-0.4, -0.2) is 23.1 Å². The van der Waals surface area contributed by atoms with E-state index in [9.17, 15) is 0 Å². The quantitative estimate of drug-likeness (QED) is 0.771. The summed E-state index contributed by atoms with van der Waals surface area (Å²) in [4.78, 5) is 7.06. The Morgan fingerprint density at radius 3 is 2.50 bits per heavy atom. The molecule has 1 aromatic heterocycles. The number of aromatic nitrogens is 1. The first-order chi connectivity index (χ1) is 7.69. The summed E-state index contributed by atoms with van der Waals surface area (Å²) in [5, 5.41) is 0. The van der Waals surface area contributed by atoms with Gasteiger partial charge in [-0.2, -0.15) is 0 Å². The van der Waals surface area contributed by atoms with Crippen molar-refractivity contribution in [1.29, 1.82) is 0 Å². The maximum Gasteiger partial charge on any atom is 0.129 e. The summed E-state index contributed by atoms with van der Waals surface area (Å²) >= 11 is 4.97. The minimum Gasteiger partial charge on any atom is -0.389 e. The Morgan fingerprint density at radius 2 is 2.00 bits per heavy atom. The number of nitrogens with two attached hydrogens (primary N) is 1. The van der Waals surface area contributed by atoms with Gasteiger partial charge >= 0.3 is 0 Å². The fraction of sp³-hybridized carbons (Fsp3) is 0.500. The molecule has 0 saturated heterocycles. The van der Waals surface area contributed by atoms with Crippen molar-refractivity contribution >= 4 is 23.0 Å². The first kappa shape index (κ1) is 12.9. The smallest absolute Gasteiger partial charge is 0.129 e. The molecule has 16 heavy (non-hydrogen) atoms. The Kier molecular flexibility index (Phi) is 5.19. The number of pyridine rings is 1. The van der Waals surface area contributed by atoms with Gasteiger partial charge in [0.25, 0.3) is 0 Å². The summed E-state index contributed by atoms with van der Waals surface area (Å²) < 4.78 is 0. The van der Waals surface area contributed by atoms with Crippen LogP contribution >= 0.6 is 12.2 Å². The van der Waals surface area contributed by atoms with Gasteiger partial charge in [-0.05, 0) is 25.0 Å². The molecule has 0 amide bonds. The zero-order valence-corrected chi connectivity index (χ0v) is 10.8. The van der Waals surface area contributed by atoms with Crippen molar-refractivity contribution in [1.82, 2.24) is 4.98 Å². The topological polar surface area (TPSA) is 42.1 Å². The molecule has 0 aliphatic carbocycles. The van der Waals surface area contributed by atoms with Gasteiger partial charge in [0.05, 0.1) is 0 Å². The molecule has 1 aromatic rings. The Bertz CT molecular complexity index is 346. The number of hydrogen-bond donors (Lipinski definition) is 1. The van der Waals surface area contributed by atoms with Crippen LogP contribution in [0.2, 0.25) is 0 Å². The molecular weight excluding hydrogens is 218 g/mol. The van der Waals surface area contributed by atoms with Crippen LogP contribution in [0.1, 0.15) is 32.3 Å². The van der Waals surface area contributed by atoms with Crippen molar-refractivity contribution in [3.05, 3.63) is 23.9 Å². The van der Waals surface area contributed by atoms with Crippen LogP contribution in [0.25, 0.3) is 0 Å². The molecule has 88 valence electrons. The van der Waals surface area contributed by atoms with Crippen molar-refractivity contribution in [2.75, 3.05) is 18.0 Å². The molecule has 0 aliphatic rings. The molecule has 0 bridgehead atoms. The van der Waals surface area contributed by atoms with Gasteiger partial charge in [0.2, 0.25) is 0 Å². The average Bonchev–Trinajstić information content (AvgIpc) is 2.29. The SMILES string of the molecule is CCCN(CCC)c1cc(C(N)=S)ccn1. The maximum absolute atomic E-state index is 5.62. The van der Waals surface area contributed by atoms with Gasteiger partial charge in [0, 0.05) is 24.8 Å². The largest absolute Gasteiger partial charge is 0.389 e. The van der Waals surface area contributed by atoms with E-state index < -0.39 is 0 Å². The second-order valence-electron chi connectivity index (χ2n) is 3.75. The van der Waals surface area contributed by atoms with Crippen LogP contribution in [-0.2, 0) is 0 Å². The van der Waals surface area contributed by atoms with E-state index in [-0.39, 0.29) is 0 Å². The monoisotopic (exact) mass is 237 g/mol. The summed E-state index contributed by atoms with van der Waals surface area (Å²) in [5.41, 5.74) is 6.50. The first-order valence-corrected chi connectivity index (χ1v) is 6.10. The number of thiocarbonyl (C=S) groups is 1. The van der Waals surface area contributed by atoms with Crippen molar-refractivity contribution in [2.24, 2.45) is 5.73 Å². The van der Waals surface area contributed by atoms with Gasteiger partial charge in [-0.1, -0.05) is 26.1 Å². The normalized spacial score (nSPS) is 10.1. The fourth-order valence-electron chi connectivity index (χ4n) is 1.63. The first-order valence-electron chi connectivity index (χ1n) is 5.69. The molecule has 1 rings (SSSR count). The number of rotatable bonds is 6. The van der Waals surface area contributed by atoms with E-state index in [1.807, 2.05) is 12.1 Å². The Balaban J connectivity index is 2.90. The molecule has 1 heterocycles. The summed E-state index contributed by atoms with van der Waals surface area (Å²) in [6.45, 7) is 6.36. The molecule has 0 aliphatic heterocycles. The van der Waals surface area contributed by atoms with E-state index in [1.165, 1.54) is 0 Å². The molecule has 0 radical (unpaired) electrons. The molecule has 3 nitrogen and oxygen atoms in total. The predicted molar refractivity (Wildman–Crippen MR) is 72.9 cm³/mol. The number of hydrogen-bond acceptors (Lipinski definition) is 3. The van der Waals surface area contributed by atoms with Gasteiger partial charge < -0.3 is 10.6 Å². The summed E-state index contributed by atoms with van der Waals surface area (Å²) in [5.74, 6) is 0.967. The zero-order valence-electron chi connectivity index (χ0n) is 9.94. The lowest BCUT2D eigenvalue weighted by Crippen LogP contribution is -2.26. The molecule has 0 aromatic carbocycles. The summed E-state index contributed by atoms with van der Waals surface area (Å²) in [6, 6.07) is 3.82. The highest BCUT2D eigenvalue weighted by atomic mass is 32.1. The molecule has 2 N–H and O–H groups in total. The van der Waals surface area contributed by atoms with Crippen LogP contribution in [0.3, 0.4) is 0 Å². The van der Waals surface area contributed by atoms with Crippen LogP contribution < -0.4 is 10.6 Å². The molecule has 0 fully saturated rings. The highest BCUT2D eigenvalue weighted by Gasteiger charge is 2.07. The van der Waals surface area contributed by atoms with Gasteiger partial charge in [0.1, 0.15) is 10.8 Å². The molecule has 0 spiro atoms. The van der Waals surface area contributed by atoms with Crippen LogP contribution in [0.4, 0.5) is 5.82 Å². The lowest BCUT2D eigenvalue weighted by molar-refractivity contribution is 0.734. The maximum atomic E-state index is 5.62. The van der Waals surface area contributed by atoms with E-state index in [4.69, 9.17) is 18.0 Å². The predicted octanol–water partition coefficient (Wildman–Crippen LogP) is 2.34. The lowest BCUT2D eigenvalue weighted by atomic mass is 10.2. The van der Waals surface area contributed by atoms with Crippen molar-refractivity contribution in [3.63, 3.8) is 0 Å². The molecular formula is C12H19N3S. The van der Waals surface area contributed by atoms with E-state index in [2.05, 4.69) is 23.7 Å². The van der Waals surface area contributed by atoms with Gasteiger partial charge in [-0.25, -0.2) is 4.98 Å². The Morgan fingerprint density at radius 1 is 1.38 bits per heavy atom. The minimum absolute atomic E-state index is 0.427. The Hall–Kier alpha value is -1.16. The van der Waals surface area contributed by atoms with Crippen LogP contribution in [0.5, 0.6) is 0 Å². The van der Waals surface area contributed by atoms with Crippen molar-refractivity contribution in [3.8, 4) is 0 Å². The third kappa shape index (κ3) is 3.45. The van der Waals surface area contributed by atoms with E-state index in [0.29, 0.717) is 4.99 Å². The fourth-order valence-corrected chi connectivity index (χ4v) is 1.75. The molecule has 0 saturated carbocycles. The van der Waals surface area contributed by atoms with E-state index >= 15 is 0 Å². The number of nitrogens with zero attached hydrogens (tertiary/aromatic N) is 2. The van der Waals surface area contributed by atoms with Gasteiger partial charge in [-0.3, -0.25) is 0 Å². The molecule has 0 atom stereocenters. The van der Waals surface area contributed by atoms with E-state index in [0.717, 1.165) is 37.3 Å². The lowest BCUT2D eigenvalue weighted by Gasteiger charge is -2.22. The summed E-state index contributed by atoms with van der Waals surface area (Å²) in [6.07, 6.45) is 3.99. The molecule has 4 heteroatoms. The van der Waals surface area contributed by atoms with Gasteiger partial charge in [0.15, 0.2) is 0 Å².